The molecule has 0 saturated heterocycles. The van der Waals surface area contributed by atoms with Crippen LogP contribution in [0.15, 0.2) is 18.2 Å². The van der Waals surface area contributed by atoms with E-state index in [0.29, 0.717) is 6.61 Å². The van der Waals surface area contributed by atoms with Crippen molar-refractivity contribution in [3.8, 4) is 23.3 Å². The normalized spacial score (nSPS) is 11.3. The largest absolute Gasteiger partial charge is 0.497 e. The molecule has 0 spiro atoms. The average Bonchev–Trinajstić information content (AvgIpc) is 2.38. The van der Waals surface area contributed by atoms with E-state index in [1.54, 1.807) is 14.0 Å². The molecule has 1 aromatic rings. The van der Waals surface area contributed by atoms with Gasteiger partial charge in [-0.15, -0.1) is 5.92 Å². The van der Waals surface area contributed by atoms with Crippen LogP contribution >= 0.6 is 0 Å². The lowest BCUT2D eigenvalue weighted by molar-refractivity contribution is 0.355. The summed E-state index contributed by atoms with van der Waals surface area (Å²) in [5.41, 5.74) is 1.10. The Hall–Kier alpha value is -1.66. The number of methoxy groups -OCH3 is 1. The van der Waals surface area contributed by atoms with Crippen LogP contribution in [0.4, 0.5) is 0 Å². The first-order valence-electron chi connectivity index (χ1n) is 5.60. The van der Waals surface area contributed by atoms with E-state index in [1.807, 2.05) is 25.2 Å². The summed E-state index contributed by atoms with van der Waals surface area (Å²) in [6.07, 6.45) is 0. The fourth-order valence-corrected chi connectivity index (χ4v) is 1.47. The molecule has 0 aliphatic heterocycles. The van der Waals surface area contributed by atoms with Crippen LogP contribution in [0.5, 0.6) is 11.5 Å². The maximum absolute atomic E-state index is 5.65. The molecule has 0 aromatic heterocycles. The van der Waals surface area contributed by atoms with Gasteiger partial charge in [-0.05, 0) is 27.0 Å². The molecule has 1 aromatic carbocycles. The van der Waals surface area contributed by atoms with E-state index in [0.717, 1.165) is 17.1 Å². The summed E-state index contributed by atoms with van der Waals surface area (Å²) in [5, 5.41) is 3.19. The Bertz CT molecular complexity index is 418. The van der Waals surface area contributed by atoms with Gasteiger partial charge >= 0.3 is 0 Å². The van der Waals surface area contributed by atoms with Crippen LogP contribution in [0.25, 0.3) is 0 Å². The lowest BCUT2D eigenvalue weighted by atomic mass is 10.1. The number of benzene rings is 1. The molecule has 0 saturated carbocycles. The second-order valence-electron chi connectivity index (χ2n) is 3.63. The van der Waals surface area contributed by atoms with Crippen LogP contribution in [-0.2, 0) is 0 Å². The smallest absolute Gasteiger partial charge is 0.149 e. The van der Waals surface area contributed by atoms with Gasteiger partial charge in [0.15, 0.2) is 0 Å². The van der Waals surface area contributed by atoms with E-state index < -0.39 is 0 Å². The van der Waals surface area contributed by atoms with Gasteiger partial charge in [-0.2, -0.15) is 0 Å². The van der Waals surface area contributed by atoms with Crippen molar-refractivity contribution in [3.63, 3.8) is 0 Å². The Morgan fingerprint density at radius 3 is 2.76 bits per heavy atom. The highest BCUT2D eigenvalue weighted by atomic mass is 16.5. The Morgan fingerprint density at radius 2 is 2.18 bits per heavy atom. The third kappa shape index (κ3) is 3.69. The Balaban J connectivity index is 2.96. The van der Waals surface area contributed by atoms with Crippen molar-refractivity contribution in [2.45, 2.75) is 19.9 Å². The first-order valence-corrected chi connectivity index (χ1v) is 5.60. The molecule has 0 amide bonds. The van der Waals surface area contributed by atoms with Crippen LogP contribution in [0.1, 0.15) is 25.5 Å². The van der Waals surface area contributed by atoms with Gasteiger partial charge in [0, 0.05) is 17.7 Å². The van der Waals surface area contributed by atoms with Gasteiger partial charge < -0.3 is 14.8 Å². The molecule has 0 radical (unpaired) electrons. The molecular formula is C14H19NO2. The summed E-state index contributed by atoms with van der Waals surface area (Å²) in [4.78, 5) is 0. The zero-order valence-corrected chi connectivity index (χ0v) is 10.8. The quantitative estimate of drug-likeness (QED) is 0.792. The molecule has 1 atom stereocenters. The predicted octanol–water partition coefficient (Wildman–Crippen LogP) is 2.38. The third-order valence-electron chi connectivity index (χ3n) is 2.60. The molecule has 1 unspecified atom stereocenters. The molecule has 0 heterocycles. The van der Waals surface area contributed by atoms with Crippen molar-refractivity contribution in [1.82, 2.24) is 5.32 Å². The maximum atomic E-state index is 5.65. The number of hydrogen-bond donors (Lipinski definition) is 1. The molecule has 17 heavy (non-hydrogen) atoms. The van der Waals surface area contributed by atoms with E-state index in [9.17, 15) is 0 Å². The second-order valence-corrected chi connectivity index (χ2v) is 3.63. The summed E-state index contributed by atoms with van der Waals surface area (Å²) in [6.45, 7) is 4.28. The van der Waals surface area contributed by atoms with E-state index in [4.69, 9.17) is 9.47 Å². The molecule has 3 nitrogen and oxygen atoms in total. The second kappa shape index (κ2) is 6.82. The van der Waals surface area contributed by atoms with Crippen molar-refractivity contribution in [1.29, 1.82) is 0 Å². The lowest BCUT2D eigenvalue weighted by Gasteiger charge is -2.16. The van der Waals surface area contributed by atoms with Crippen LogP contribution in [-0.4, -0.2) is 20.8 Å². The van der Waals surface area contributed by atoms with E-state index >= 15 is 0 Å². The van der Waals surface area contributed by atoms with Crippen LogP contribution in [0, 0.1) is 11.8 Å². The monoisotopic (exact) mass is 233 g/mol. The molecule has 1 N–H and O–H groups in total. The summed E-state index contributed by atoms with van der Waals surface area (Å²) in [7, 11) is 3.57. The summed E-state index contributed by atoms with van der Waals surface area (Å²) in [5.74, 6) is 7.29. The minimum absolute atomic E-state index is 0.227. The van der Waals surface area contributed by atoms with Crippen LogP contribution in [0.2, 0.25) is 0 Å². The van der Waals surface area contributed by atoms with Crippen LogP contribution < -0.4 is 14.8 Å². The maximum Gasteiger partial charge on any atom is 0.149 e. The number of nitrogens with one attached hydrogen (secondary N) is 1. The van der Waals surface area contributed by atoms with Crippen molar-refractivity contribution >= 4 is 0 Å². The lowest BCUT2D eigenvalue weighted by Crippen LogP contribution is -2.14. The number of rotatable bonds is 5. The number of hydrogen-bond acceptors (Lipinski definition) is 3. The van der Waals surface area contributed by atoms with Gasteiger partial charge in [-0.3, -0.25) is 0 Å². The standard InChI is InChI=1S/C14H19NO2/c1-5-6-9-17-14-10-12(16-4)7-8-13(14)11(2)15-3/h7-8,10-11,15H,9H2,1-4H3. The highest BCUT2D eigenvalue weighted by Gasteiger charge is 2.11. The van der Waals surface area contributed by atoms with Crippen molar-refractivity contribution in [2.24, 2.45) is 0 Å². The van der Waals surface area contributed by atoms with Crippen molar-refractivity contribution in [2.75, 3.05) is 20.8 Å². The highest BCUT2D eigenvalue weighted by molar-refractivity contribution is 5.42. The third-order valence-corrected chi connectivity index (χ3v) is 2.60. The number of ether oxygens (including phenoxy) is 2. The van der Waals surface area contributed by atoms with E-state index in [2.05, 4.69) is 24.1 Å². The molecule has 0 fully saturated rings. The summed E-state index contributed by atoms with van der Waals surface area (Å²) < 4.78 is 10.8. The molecule has 0 aliphatic rings. The van der Waals surface area contributed by atoms with E-state index in [-0.39, 0.29) is 6.04 Å². The fourth-order valence-electron chi connectivity index (χ4n) is 1.47. The summed E-state index contributed by atoms with van der Waals surface area (Å²) >= 11 is 0. The fraction of sp³-hybridized carbons (Fsp3) is 0.429. The first-order chi connectivity index (χ1) is 8.22. The molecule has 1 rings (SSSR count). The Kier molecular flexibility index (Phi) is 5.38. The molecular weight excluding hydrogens is 214 g/mol. The zero-order valence-electron chi connectivity index (χ0n) is 10.8. The van der Waals surface area contributed by atoms with Gasteiger partial charge in [-0.25, -0.2) is 0 Å². The van der Waals surface area contributed by atoms with Gasteiger partial charge in [0.1, 0.15) is 18.1 Å². The van der Waals surface area contributed by atoms with Gasteiger partial charge in [0.25, 0.3) is 0 Å². The highest BCUT2D eigenvalue weighted by Crippen LogP contribution is 2.29. The topological polar surface area (TPSA) is 30.5 Å². The zero-order chi connectivity index (χ0) is 12.7. The van der Waals surface area contributed by atoms with Gasteiger partial charge in [0.2, 0.25) is 0 Å². The molecule has 0 aliphatic carbocycles. The van der Waals surface area contributed by atoms with E-state index in [1.165, 1.54) is 0 Å². The Morgan fingerprint density at radius 1 is 1.41 bits per heavy atom. The van der Waals surface area contributed by atoms with Gasteiger partial charge in [-0.1, -0.05) is 12.0 Å². The molecule has 0 bridgehead atoms. The van der Waals surface area contributed by atoms with Crippen LogP contribution in [0.3, 0.4) is 0 Å². The summed E-state index contributed by atoms with van der Waals surface area (Å²) in [6, 6.07) is 6.06. The van der Waals surface area contributed by atoms with Crippen molar-refractivity contribution in [3.05, 3.63) is 23.8 Å². The minimum Gasteiger partial charge on any atom is -0.497 e. The average molecular weight is 233 g/mol. The van der Waals surface area contributed by atoms with Gasteiger partial charge in [0.05, 0.1) is 7.11 Å². The predicted molar refractivity (Wildman–Crippen MR) is 69.4 cm³/mol. The minimum atomic E-state index is 0.227. The molecule has 3 heteroatoms. The Labute approximate surface area is 103 Å². The first kappa shape index (κ1) is 13.4. The molecule has 92 valence electrons. The SMILES string of the molecule is CC#CCOc1cc(OC)ccc1C(C)NC. The van der Waals surface area contributed by atoms with Crippen molar-refractivity contribution < 1.29 is 9.47 Å².